The topological polar surface area (TPSA) is 66.2 Å². The molecule has 29 heavy (non-hydrogen) atoms. The van der Waals surface area contributed by atoms with E-state index in [4.69, 9.17) is 4.74 Å². The van der Waals surface area contributed by atoms with Crippen LogP contribution in [0.2, 0.25) is 0 Å². The zero-order valence-corrected chi connectivity index (χ0v) is 16.5. The first kappa shape index (κ1) is 18.7. The van der Waals surface area contributed by atoms with Gasteiger partial charge in [0, 0.05) is 0 Å². The Hall–Kier alpha value is -3.69. The number of benzene rings is 3. The van der Waals surface area contributed by atoms with E-state index in [9.17, 15) is 10.1 Å². The van der Waals surface area contributed by atoms with E-state index >= 15 is 0 Å². The molecular weight excluding hydrogens is 382 g/mol. The maximum absolute atomic E-state index is 13.2. The molecule has 4 aromatic rings. The van der Waals surface area contributed by atoms with E-state index in [1.807, 2.05) is 55.5 Å². The van der Waals surface area contributed by atoms with Crippen LogP contribution in [0.25, 0.3) is 10.2 Å². The average molecular weight is 399 g/mol. The number of hydrogen-bond donors (Lipinski definition) is 0. The molecular formula is C23H17N3O2S. The highest BCUT2D eigenvalue weighted by molar-refractivity contribution is 7.22. The number of hydrogen-bond acceptors (Lipinski definition) is 5. The number of ether oxygens (including phenoxy) is 1. The van der Waals surface area contributed by atoms with Crippen LogP contribution in [-0.4, -0.2) is 17.5 Å². The van der Waals surface area contributed by atoms with E-state index in [0.717, 1.165) is 21.5 Å². The maximum atomic E-state index is 13.2. The van der Waals surface area contributed by atoms with Crippen molar-refractivity contribution in [1.29, 1.82) is 5.26 Å². The summed E-state index contributed by atoms with van der Waals surface area (Å²) in [6.45, 7) is 1.75. The van der Waals surface area contributed by atoms with Crippen molar-refractivity contribution in [3.63, 3.8) is 0 Å². The SMILES string of the molecule is Cc1ccccc1N(C(=O)COc1ccccc1C#N)c1nc2ccccc2s1. The summed E-state index contributed by atoms with van der Waals surface area (Å²) in [6, 6.07) is 24.4. The fraction of sp³-hybridized carbons (Fsp3) is 0.0870. The van der Waals surface area contributed by atoms with Crippen molar-refractivity contribution in [2.24, 2.45) is 0 Å². The van der Waals surface area contributed by atoms with Gasteiger partial charge in [0.15, 0.2) is 11.7 Å². The molecule has 1 amide bonds. The molecule has 0 saturated heterocycles. The number of amides is 1. The first-order valence-corrected chi connectivity index (χ1v) is 9.85. The second-order valence-corrected chi connectivity index (χ2v) is 7.39. The van der Waals surface area contributed by atoms with Crippen molar-refractivity contribution in [2.45, 2.75) is 6.92 Å². The lowest BCUT2D eigenvalue weighted by molar-refractivity contribution is -0.119. The Labute approximate surface area is 172 Å². The number of aromatic nitrogens is 1. The monoisotopic (exact) mass is 399 g/mol. The first-order valence-electron chi connectivity index (χ1n) is 9.03. The number of rotatable bonds is 5. The highest BCUT2D eigenvalue weighted by atomic mass is 32.1. The summed E-state index contributed by atoms with van der Waals surface area (Å²) in [5, 5.41) is 9.82. The molecule has 1 heterocycles. The van der Waals surface area contributed by atoms with Gasteiger partial charge >= 0.3 is 0 Å². The maximum Gasteiger partial charge on any atom is 0.271 e. The van der Waals surface area contributed by atoms with Crippen LogP contribution in [0.5, 0.6) is 5.75 Å². The molecule has 0 atom stereocenters. The molecule has 4 rings (SSSR count). The van der Waals surface area contributed by atoms with Crippen LogP contribution < -0.4 is 9.64 Å². The van der Waals surface area contributed by atoms with Gasteiger partial charge in [-0.3, -0.25) is 9.69 Å². The molecule has 3 aromatic carbocycles. The van der Waals surface area contributed by atoms with Crippen molar-refractivity contribution in [3.05, 3.63) is 83.9 Å². The fourth-order valence-corrected chi connectivity index (χ4v) is 4.00. The largest absolute Gasteiger partial charge is 0.482 e. The molecule has 0 aliphatic carbocycles. The molecule has 0 fully saturated rings. The number of anilines is 2. The van der Waals surface area contributed by atoms with Crippen LogP contribution in [0.4, 0.5) is 10.8 Å². The van der Waals surface area contributed by atoms with E-state index in [0.29, 0.717) is 16.4 Å². The number of aryl methyl sites for hydroxylation is 1. The van der Waals surface area contributed by atoms with Gasteiger partial charge in [-0.1, -0.05) is 53.8 Å². The number of fused-ring (bicyclic) bond motifs is 1. The first-order chi connectivity index (χ1) is 14.2. The predicted molar refractivity (Wildman–Crippen MR) is 115 cm³/mol. The molecule has 5 nitrogen and oxygen atoms in total. The molecule has 6 heteroatoms. The van der Waals surface area contributed by atoms with E-state index < -0.39 is 0 Å². The second kappa shape index (κ2) is 8.13. The van der Waals surface area contributed by atoms with Crippen LogP contribution in [0.3, 0.4) is 0 Å². The minimum absolute atomic E-state index is 0.205. The predicted octanol–water partition coefficient (Wildman–Crippen LogP) is 5.22. The van der Waals surface area contributed by atoms with Gasteiger partial charge in [0.2, 0.25) is 0 Å². The van der Waals surface area contributed by atoms with Crippen molar-refractivity contribution in [1.82, 2.24) is 4.98 Å². The smallest absolute Gasteiger partial charge is 0.271 e. The molecule has 0 spiro atoms. The lowest BCUT2D eigenvalue weighted by Crippen LogP contribution is -2.31. The minimum atomic E-state index is -0.258. The Morgan fingerprint density at radius 3 is 2.59 bits per heavy atom. The zero-order chi connectivity index (χ0) is 20.2. The lowest BCUT2D eigenvalue weighted by Gasteiger charge is -2.22. The average Bonchev–Trinajstić information content (AvgIpc) is 3.17. The Balaban J connectivity index is 1.69. The molecule has 0 aliphatic heterocycles. The Morgan fingerprint density at radius 2 is 1.79 bits per heavy atom. The zero-order valence-electron chi connectivity index (χ0n) is 15.7. The number of carbonyl (C=O) groups is 1. The van der Waals surface area contributed by atoms with Gasteiger partial charge in [0.05, 0.1) is 21.5 Å². The van der Waals surface area contributed by atoms with E-state index in [-0.39, 0.29) is 12.5 Å². The third-order valence-electron chi connectivity index (χ3n) is 4.44. The van der Waals surface area contributed by atoms with Crippen molar-refractivity contribution in [3.8, 4) is 11.8 Å². The van der Waals surface area contributed by atoms with Crippen LogP contribution in [0.1, 0.15) is 11.1 Å². The Morgan fingerprint density at radius 1 is 1.07 bits per heavy atom. The van der Waals surface area contributed by atoms with Gasteiger partial charge in [0.25, 0.3) is 5.91 Å². The van der Waals surface area contributed by atoms with Crippen molar-refractivity contribution < 1.29 is 9.53 Å². The highest BCUT2D eigenvalue weighted by Gasteiger charge is 2.24. The van der Waals surface area contributed by atoms with Gasteiger partial charge in [0.1, 0.15) is 11.8 Å². The van der Waals surface area contributed by atoms with E-state index in [2.05, 4.69) is 11.1 Å². The normalized spacial score (nSPS) is 10.5. The summed E-state index contributed by atoms with van der Waals surface area (Å²) in [7, 11) is 0. The number of para-hydroxylation sites is 3. The highest BCUT2D eigenvalue weighted by Crippen LogP contribution is 2.35. The number of nitrogens with zero attached hydrogens (tertiary/aromatic N) is 3. The number of nitriles is 1. The summed E-state index contributed by atoms with van der Waals surface area (Å²) in [6.07, 6.45) is 0. The molecule has 142 valence electrons. The quantitative estimate of drug-likeness (QED) is 0.461. The van der Waals surface area contributed by atoms with Gasteiger partial charge in [-0.25, -0.2) is 4.98 Å². The minimum Gasteiger partial charge on any atom is -0.482 e. The third-order valence-corrected chi connectivity index (χ3v) is 5.46. The standard InChI is InChI=1S/C23H17N3O2S/c1-16-8-2-5-11-19(16)26(23-25-18-10-4-7-13-21(18)29-23)22(27)15-28-20-12-6-3-9-17(20)14-24/h2-13H,15H2,1H3. The molecule has 0 radical (unpaired) electrons. The van der Waals surface area contributed by atoms with E-state index in [1.54, 1.807) is 29.2 Å². The van der Waals surface area contributed by atoms with Crippen LogP contribution in [0.15, 0.2) is 72.8 Å². The molecule has 0 saturated carbocycles. The lowest BCUT2D eigenvalue weighted by atomic mass is 10.2. The van der Waals surface area contributed by atoms with Crippen LogP contribution in [-0.2, 0) is 4.79 Å². The Bertz CT molecular complexity index is 1190. The number of carbonyl (C=O) groups excluding carboxylic acids is 1. The summed E-state index contributed by atoms with van der Waals surface area (Å²) in [4.78, 5) is 19.5. The third kappa shape index (κ3) is 3.82. The fourth-order valence-electron chi connectivity index (χ4n) is 3.00. The molecule has 0 unspecified atom stereocenters. The summed E-state index contributed by atoms with van der Waals surface area (Å²) in [5.74, 6) is 0.128. The van der Waals surface area contributed by atoms with Gasteiger partial charge < -0.3 is 4.74 Å². The number of thiazole rings is 1. The van der Waals surface area contributed by atoms with Gasteiger partial charge in [-0.05, 0) is 42.8 Å². The van der Waals surface area contributed by atoms with E-state index in [1.165, 1.54) is 11.3 Å². The van der Waals surface area contributed by atoms with Gasteiger partial charge in [-0.15, -0.1) is 0 Å². The second-order valence-electron chi connectivity index (χ2n) is 6.38. The molecule has 1 aromatic heterocycles. The Kier molecular flexibility index (Phi) is 5.23. The summed E-state index contributed by atoms with van der Waals surface area (Å²) in [5.41, 5.74) is 2.95. The molecule has 0 bridgehead atoms. The van der Waals surface area contributed by atoms with Crippen molar-refractivity contribution in [2.75, 3.05) is 11.5 Å². The van der Waals surface area contributed by atoms with Crippen LogP contribution >= 0.6 is 11.3 Å². The van der Waals surface area contributed by atoms with Crippen LogP contribution in [0, 0.1) is 18.3 Å². The van der Waals surface area contributed by atoms with Crippen molar-refractivity contribution >= 4 is 38.3 Å². The summed E-state index contributed by atoms with van der Waals surface area (Å²) < 4.78 is 6.70. The molecule has 0 aliphatic rings. The van der Waals surface area contributed by atoms with Gasteiger partial charge in [-0.2, -0.15) is 5.26 Å². The molecule has 0 N–H and O–H groups in total. The summed E-state index contributed by atoms with van der Waals surface area (Å²) >= 11 is 1.45.